The largest absolute Gasteiger partial charge is 0.329 e. The number of hydrogen-bond donors (Lipinski definition) is 0. The lowest BCUT2D eigenvalue weighted by Crippen LogP contribution is -1.90. The molecule has 7 heteroatoms. The maximum atomic E-state index is 4.65. The van der Waals surface area contributed by atoms with Gasteiger partial charge in [-0.25, -0.2) is 19.9 Å². The highest BCUT2D eigenvalue weighted by Crippen LogP contribution is 2.39. The number of hydrogen-bond acceptors (Lipinski definition) is 6. The lowest BCUT2D eigenvalue weighted by atomic mass is 10.1. The van der Waals surface area contributed by atoms with Crippen LogP contribution in [-0.4, -0.2) is 24.5 Å². The second kappa shape index (κ2) is 5.03. The van der Waals surface area contributed by atoms with Crippen LogP contribution in [0.4, 0.5) is 0 Å². The van der Waals surface area contributed by atoms with Crippen molar-refractivity contribution in [3.63, 3.8) is 0 Å². The maximum absolute atomic E-state index is 4.65. The summed E-state index contributed by atoms with van der Waals surface area (Å²) in [5.41, 5.74) is 3.22. The van der Waals surface area contributed by atoms with E-state index >= 15 is 0 Å². The van der Waals surface area contributed by atoms with E-state index in [2.05, 4.69) is 32.9 Å². The van der Waals surface area contributed by atoms with Crippen molar-refractivity contribution >= 4 is 43.5 Å². The van der Waals surface area contributed by atoms with Crippen LogP contribution in [0.15, 0.2) is 35.0 Å². The summed E-state index contributed by atoms with van der Waals surface area (Å²) < 4.78 is 3.06. The normalized spacial score (nSPS) is 11.6. The molecule has 0 saturated carbocycles. The Labute approximate surface area is 135 Å². The Morgan fingerprint density at radius 3 is 2.82 bits per heavy atom. The Morgan fingerprint density at radius 1 is 1.18 bits per heavy atom. The number of aryl methyl sites for hydroxylation is 3. The third-order valence-electron chi connectivity index (χ3n) is 3.48. The van der Waals surface area contributed by atoms with E-state index in [4.69, 9.17) is 0 Å². The van der Waals surface area contributed by atoms with Crippen LogP contribution in [0.3, 0.4) is 0 Å². The summed E-state index contributed by atoms with van der Waals surface area (Å²) in [5, 5.41) is 2.98. The molecule has 4 rings (SSSR count). The molecule has 0 N–H and O–H groups in total. The molecule has 0 aliphatic heterocycles. The van der Waals surface area contributed by atoms with E-state index in [1.54, 1.807) is 35.6 Å². The molecule has 22 heavy (non-hydrogen) atoms. The number of rotatable bonds is 2. The zero-order valence-corrected chi connectivity index (χ0v) is 14.0. The fourth-order valence-corrected chi connectivity index (χ4v) is 4.66. The second-order valence-corrected chi connectivity index (χ2v) is 7.10. The molecule has 110 valence electrons. The van der Waals surface area contributed by atoms with Gasteiger partial charge in [0.05, 0.1) is 10.2 Å². The van der Waals surface area contributed by atoms with Gasteiger partial charge in [-0.05, 0) is 37.2 Å². The third-order valence-corrected chi connectivity index (χ3v) is 5.77. The monoisotopic (exact) mass is 327 g/mol. The molecular weight excluding hydrogens is 314 g/mol. The summed E-state index contributed by atoms with van der Waals surface area (Å²) in [5.74, 6) is 0. The average molecular weight is 327 g/mol. The molecule has 0 aromatic carbocycles. The molecule has 0 spiro atoms. The lowest BCUT2D eigenvalue weighted by molar-refractivity contribution is 0.789. The van der Waals surface area contributed by atoms with Crippen LogP contribution in [-0.2, 0) is 7.05 Å². The fraction of sp³-hybridized carbons (Fsp3) is 0.200. The minimum atomic E-state index is 0.915. The topological polar surface area (TPSA) is 56.5 Å². The van der Waals surface area contributed by atoms with Crippen molar-refractivity contribution in [2.75, 3.05) is 0 Å². The molecule has 0 fully saturated rings. The number of fused-ring (bicyclic) bond motifs is 3. The number of aromatic nitrogens is 5. The van der Waals surface area contributed by atoms with Crippen LogP contribution in [0.1, 0.15) is 11.3 Å². The predicted octanol–water partition coefficient (Wildman–Crippen LogP) is 3.74. The van der Waals surface area contributed by atoms with Gasteiger partial charge in [0, 0.05) is 30.5 Å². The van der Waals surface area contributed by atoms with E-state index in [0.29, 0.717) is 0 Å². The Balaban J connectivity index is 1.97. The smallest absolute Gasteiger partial charge is 0.174 e. The van der Waals surface area contributed by atoms with E-state index in [-0.39, 0.29) is 0 Å². The molecule has 4 aromatic rings. The Morgan fingerprint density at radius 2 is 2.05 bits per heavy atom. The summed E-state index contributed by atoms with van der Waals surface area (Å²) in [7, 11) is 1.98. The van der Waals surface area contributed by atoms with Crippen LogP contribution < -0.4 is 0 Å². The zero-order chi connectivity index (χ0) is 15.3. The van der Waals surface area contributed by atoms with Crippen molar-refractivity contribution in [1.82, 2.24) is 24.5 Å². The number of imidazole rings is 1. The van der Waals surface area contributed by atoms with Gasteiger partial charge in [0.1, 0.15) is 16.2 Å². The predicted molar refractivity (Wildman–Crippen MR) is 89.5 cm³/mol. The van der Waals surface area contributed by atoms with Gasteiger partial charge in [0.25, 0.3) is 0 Å². The Kier molecular flexibility index (Phi) is 3.12. The van der Waals surface area contributed by atoms with E-state index in [1.165, 1.54) is 5.56 Å². The quantitative estimate of drug-likeness (QED) is 0.525. The zero-order valence-electron chi connectivity index (χ0n) is 12.4. The molecule has 0 unspecified atom stereocenters. The summed E-state index contributed by atoms with van der Waals surface area (Å²) in [6, 6.07) is 2.10. The van der Waals surface area contributed by atoms with Gasteiger partial charge in [-0.1, -0.05) is 0 Å². The standard InChI is InChI=1S/C15H13N5S2/c1-8-6-9(2)19-13-10(8)11-12(21-13)14(18-7-17-11)22-15-16-4-5-20(15)3/h4-7H,1-3H3. The van der Waals surface area contributed by atoms with Crippen molar-refractivity contribution in [3.8, 4) is 0 Å². The van der Waals surface area contributed by atoms with Crippen molar-refractivity contribution in [2.45, 2.75) is 24.0 Å². The summed E-state index contributed by atoms with van der Waals surface area (Å²) in [4.78, 5) is 19.0. The molecule has 0 aliphatic carbocycles. The number of thiophene rings is 1. The molecular formula is C15H13N5S2. The molecule has 0 aliphatic rings. The van der Waals surface area contributed by atoms with E-state index in [1.807, 2.05) is 24.7 Å². The van der Waals surface area contributed by atoms with Crippen molar-refractivity contribution < 1.29 is 0 Å². The van der Waals surface area contributed by atoms with Crippen molar-refractivity contribution in [3.05, 3.63) is 36.0 Å². The molecule has 0 bridgehead atoms. The first-order valence-electron chi connectivity index (χ1n) is 6.80. The van der Waals surface area contributed by atoms with Gasteiger partial charge in [0.15, 0.2) is 5.16 Å². The van der Waals surface area contributed by atoms with Crippen molar-refractivity contribution in [1.29, 1.82) is 0 Å². The molecule has 4 heterocycles. The maximum Gasteiger partial charge on any atom is 0.174 e. The van der Waals surface area contributed by atoms with Gasteiger partial charge in [0.2, 0.25) is 0 Å². The van der Waals surface area contributed by atoms with Gasteiger partial charge in [-0.15, -0.1) is 11.3 Å². The molecule has 5 nitrogen and oxygen atoms in total. The lowest BCUT2D eigenvalue weighted by Gasteiger charge is -2.01. The van der Waals surface area contributed by atoms with Crippen molar-refractivity contribution in [2.24, 2.45) is 7.05 Å². The van der Waals surface area contributed by atoms with Gasteiger partial charge in [-0.3, -0.25) is 0 Å². The molecule has 4 aromatic heterocycles. The van der Waals surface area contributed by atoms with Crippen LogP contribution in [0, 0.1) is 13.8 Å². The number of pyridine rings is 1. The summed E-state index contributed by atoms with van der Waals surface area (Å²) >= 11 is 3.21. The first-order chi connectivity index (χ1) is 10.6. The molecule has 0 radical (unpaired) electrons. The van der Waals surface area contributed by atoms with Gasteiger partial charge < -0.3 is 4.57 Å². The van der Waals surface area contributed by atoms with E-state index in [0.717, 1.165) is 36.3 Å². The Hall–Kier alpha value is -1.99. The highest BCUT2D eigenvalue weighted by molar-refractivity contribution is 7.99. The highest BCUT2D eigenvalue weighted by atomic mass is 32.2. The molecule has 0 amide bonds. The summed E-state index contributed by atoms with van der Waals surface area (Å²) in [6.45, 7) is 4.13. The minimum absolute atomic E-state index is 0.915. The summed E-state index contributed by atoms with van der Waals surface area (Å²) in [6.07, 6.45) is 5.35. The second-order valence-electron chi connectivity index (χ2n) is 5.14. The fourth-order valence-electron chi connectivity index (χ4n) is 2.50. The highest BCUT2D eigenvalue weighted by Gasteiger charge is 2.16. The third kappa shape index (κ3) is 2.08. The van der Waals surface area contributed by atoms with E-state index in [9.17, 15) is 0 Å². The first-order valence-corrected chi connectivity index (χ1v) is 8.43. The minimum Gasteiger partial charge on any atom is -0.329 e. The van der Waals surface area contributed by atoms with Gasteiger partial charge in [-0.2, -0.15) is 0 Å². The van der Waals surface area contributed by atoms with Crippen LogP contribution in [0.5, 0.6) is 0 Å². The van der Waals surface area contributed by atoms with Crippen LogP contribution in [0.2, 0.25) is 0 Å². The van der Waals surface area contributed by atoms with E-state index < -0.39 is 0 Å². The molecule has 0 saturated heterocycles. The average Bonchev–Trinajstić information content (AvgIpc) is 3.03. The van der Waals surface area contributed by atoms with Gasteiger partial charge >= 0.3 is 0 Å². The van der Waals surface area contributed by atoms with Crippen LogP contribution in [0.25, 0.3) is 20.4 Å². The first kappa shape index (κ1) is 13.7. The SMILES string of the molecule is Cc1cc(C)c2c(n1)sc1c(Sc3nccn3C)ncnc12. The Bertz CT molecular complexity index is 1000. The molecule has 0 atom stereocenters. The van der Waals surface area contributed by atoms with Crippen LogP contribution >= 0.6 is 23.1 Å². The number of nitrogens with zero attached hydrogens (tertiary/aromatic N) is 5.